The summed E-state index contributed by atoms with van der Waals surface area (Å²) in [4.78, 5) is 22.7. The van der Waals surface area contributed by atoms with Crippen LogP contribution in [-0.4, -0.2) is 54.5 Å². The van der Waals surface area contributed by atoms with Crippen molar-refractivity contribution in [2.75, 3.05) is 32.6 Å². The highest BCUT2D eigenvalue weighted by Gasteiger charge is 2.49. The first-order valence-corrected chi connectivity index (χ1v) is 8.66. The summed E-state index contributed by atoms with van der Waals surface area (Å²) in [5, 5.41) is 8.30. The molecule has 0 aromatic carbocycles. The number of likely N-dealkylation sites (N-methyl/N-ethyl adjacent to an activating group) is 2. The molecule has 8 nitrogen and oxygen atoms in total. The van der Waals surface area contributed by atoms with Gasteiger partial charge in [0, 0.05) is 36.8 Å². The zero-order chi connectivity index (χ0) is 19.4. The van der Waals surface area contributed by atoms with E-state index in [4.69, 9.17) is 11.6 Å². The van der Waals surface area contributed by atoms with Crippen molar-refractivity contribution in [3.63, 3.8) is 0 Å². The van der Waals surface area contributed by atoms with E-state index in [-0.39, 0.29) is 6.03 Å². The van der Waals surface area contributed by atoms with Crippen LogP contribution in [0.1, 0.15) is 11.1 Å². The molecular weight excluding hydrogens is 366 g/mol. The second kappa shape index (κ2) is 7.90. The zero-order valence-electron chi connectivity index (χ0n) is 15.2. The van der Waals surface area contributed by atoms with Gasteiger partial charge in [-0.05, 0) is 32.3 Å². The molecule has 0 bridgehead atoms. The molecule has 0 radical (unpaired) electrons. The molecule has 1 saturated heterocycles. The van der Waals surface area contributed by atoms with Crippen LogP contribution in [0, 0.1) is 11.8 Å². The van der Waals surface area contributed by atoms with E-state index in [2.05, 4.69) is 37.9 Å². The number of halogens is 1. The normalized spacial score (nSPS) is 15.6. The van der Waals surface area contributed by atoms with Crippen LogP contribution in [0.5, 0.6) is 0 Å². The van der Waals surface area contributed by atoms with Gasteiger partial charge in [0.25, 0.3) is 0 Å². The third-order valence-electron chi connectivity index (χ3n) is 4.32. The third kappa shape index (κ3) is 3.72. The summed E-state index contributed by atoms with van der Waals surface area (Å²) in [5.41, 5.74) is 4.36. The molecule has 2 amide bonds. The van der Waals surface area contributed by atoms with Crippen LogP contribution in [-0.2, 0) is 0 Å². The lowest BCUT2D eigenvalue weighted by Crippen LogP contribution is -2.68. The van der Waals surface area contributed by atoms with Crippen LogP contribution >= 0.6 is 11.6 Å². The number of nitrogens with one attached hydrogen (secondary N) is 3. The summed E-state index contributed by atoms with van der Waals surface area (Å²) >= 11 is 5.90. The number of hydrazine groups is 1. The van der Waals surface area contributed by atoms with Crippen LogP contribution < -0.4 is 21.0 Å². The van der Waals surface area contributed by atoms with E-state index in [1.165, 1.54) is 5.01 Å². The molecular formula is C18H20ClN7O. The number of anilines is 1. The quantitative estimate of drug-likeness (QED) is 0.538. The maximum Gasteiger partial charge on any atom is 0.343 e. The van der Waals surface area contributed by atoms with Crippen molar-refractivity contribution in [1.82, 2.24) is 31.0 Å². The van der Waals surface area contributed by atoms with Gasteiger partial charge in [-0.15, -0.1) is 0 Å². The average molecular weight is 386 g/mol. The molecule has 0 saturated carbocycles. The number of urea groups is 1. The van der Waals surface area contributed by atoms with Crippen molar-refractivity contribution in [3.8, 4) is 11.8 Å². The minimum Gasteiger partial charge on any atom is -0.282 e. The summed E-state index contributed by atoms with van der Waals surface area (Å²) in [6.07, 6.45) is 4.84. The first-order chi connectivity index (χ1) is 13.0. The monoisotopic (exact) mass is 385 g/mol. The van der Waals surface area contributed by atoms with Gasteiger partial charge in [0.05, 0.1) is 11.6 Å². The molecule has 27 heavy (non-hydrogen) atoms. The van der Waals surface area contributed by atoms with Gasteiger partial charge in [-0.1, -0.05) is 23.4 Å². The number of carbonyl (C=O) groups excluding carboxylic acids is 1. The average Bonchev–Trinajstić information content (AvgIpc) is 2.99. The molecule has 0 atom stereocenters. The number of carbonyl (C=O) groups is 1. The van der Waals surface area contributed by atoms with Gasteiger partial charge in [0.2, 0.25) is 0 Å². The van der Waals surface area contributed by atoms with Crippen molar-refractivity contribution in [2.24, 2.45) is 0 Å². The lowest BCUT2D eigenvalue weighted by Gasteiger charge is -2.35. The molecule has 0 spiro atoms. The van der Waals surface area contributed by atoms with E-state index in [0.717, 1.165) is 11.1 Å². The molecule has 9 heteroatoms. The van der Waals surface area contributed by atoms with Gasteiger partial charge in [-0.25, -0.2) is 20.2 Å². The van der Waals surface area contributed by atoms with Gasteiger partial charge in [-0.3, -0.25) is 20.5 Å². The van der Waals surface area contributed by atoms with E-state index in [1.807, 2.05) is 6.07 Å². The van der Waals surface area contributed by atoms with Crippen molar-refractivity contribution < 1.29 is 4.79 Å². The number of hydrogen-bond acceptors (Lipinski definition) is 6. The number of amides is 2. The summed E-state index contributed by atoms with van der Waals surface area (Å²) in [5.74, 6) is 5.82. The smallest absolute Gasteiger partial charge is 0.282 e. The largest absolute Gasteiger partial charge is 0.343 e. The molecule has 0 aliphatic carbocycles. The maximum absolute atomic E-state index is 12.7. The molecule has 2 aromatic heterocycles. The number of pyridine rings is 2. The Morgan fingerprint density at radius 1 is 1.11 bits per heavy atom. The van der Waals surface area contributed by atoms with Gasteiger partial charge >= 0.3 is 6.03 Å². The first-order valence-electron chi connectivity index (χ1n) is 8.28. The molecule has 1 fully saturated rings. The Balaban J connectivity index is 1.81. The molecule has 3 N–H and O–H groups in total. The third-order valence-corrected chi connectivity index (χ3v) is 4.53. The Kier molecular flexibility index (Phi) is 5.58. The van der Waals surface area contributed by atoms with Crippen LogP contribution in [0.4, 0.5) is 10.6 Å². The number of hydrogen-bond donors (Lipinski definition) is 3. The molecule has 1 aliphatic rings. The van der Waals surface area contributed by atoms with E-state index >= 15 is 0 Å². The van der Waals surface area contributed by atoms with Crippen LogP contribution in [0.15, 0.2) is 36.8 Å². The maximum atomic E-state index is 12.7. The second-order valence-corrected chi connectivity index (χ2v) is 6.27. The standard InChI is InChI=1S/C18H20ClN7O/c1-20-18(21-2)12-25(17(27)26(18)22-3)16-7-6-13(10-24-16)4-5-14-8-15(19)11-23-9-14/h6-11,20-22H,12H2,1-3H3. The van der Waals surface area contributed by atoms with Crippen molar-refractivity contribution in [3.05, 3.63) is 52.9 Å². The minimum atomic E-state index is -0.731. The lowest BCUT2D eigenvalue weighted by atomic mass is 10.2. The summed E-state index contributed by atoms with van der Waals surface area (Å²) in [6, 6.07) is 5.13. The van der Waals surface area contributed by atoms with Crippen molar-refractivity contribution >= 4 is 23.4 Å². The van der Waals surface area contributed by atoms with Gasteiger partial charge < -0.3 is 0 Å². The molecule has 3 rings (SSSR count). The molecule has 3 heterocycles. The zero-order valence-corrected chi connectivity index (χ0v) is 16.0. The van der Waals surface area contributed by atoms with E-state index in [9.17, 15) is 4.79 Å². The Hall–Kier alpha value is -2.70. The van der Waals surface area contributed by atoms with E-state index < -0.39 is 5.79 Å². The fraction of sp³-hybridized carbons (Fsp3) is 0.278. The van der Waals surface area contributed by atoms with Gasteiger partial charge in [0.15, 0.2) is 5.79 Å². The highest BCUT2D eigenvalue weighted by Crippen LogP contribution is 2.24. The Bertz CT molecular complexity index is 887. The topological polar surface area (TPSA) is 85.4 Å². The van der Waals surface area contributed by atoms with E-state index in [0.29, 0.717) is 17.4 Å². The highest BCUT2D eigenvalue weighted by atomic mass is 35.5. The van der Waals surface area contributed by atoms with Crippen LogP contribution in [0.25, 0.3) is 0 Å². The van der Waals surface area contributed by atoms with E-state index in [1.54, 1.807) is 56.8 Å². The van der Waals surface area contributed by atoms with Gasteiger partial charge in [0.1, 0.15) is 5.82 Å². The second-order valence-electron chi connectivity index (χ2n) is 5.83. The Labute approximate surface area is 162 Å². The molecule has 1 aliphatic heterocycles. The predicted molar refractivity (Wildman–Crippen MR) is 104 cm³/mol. The Morgan fingerprint density at radius 3 is 2.41 bits per heavy atom. The lowest BCUT2D eigenvalue weighted by molar-refractivity contribution is 0.0745. The fourth-order valence-corrected chi connectivity index (χ4v) is 3.04. The van der Waals surface area contributed by atoms with Crippen LogP contribution in [0.3, 0.4) is 0 Å². The molecule has 2 aromatic rings. The number of nitrogens with zero attached hydrogens (tertiary/aromatic N) is 4. The predicted octanol–water partition coefficient (Wildman–Crippen LogP) is 0.999. The Morgan fingerprint density at radius 2 is 1.85 bits per heavy atom. The molecule has 140 valence electrons. The summed E-state index contributed by atoms with van der Waals surface area (Å²) < 4.78 is 0. The van der Waals surface area contributed by atoms with Crippen LogP contribution in [0.2, 0.25) is 5.02 Å². The SMILES string of the molecule is CNN1C(=O)N(c2ccc(C#Cc3cncc(Cl)c3)cn2)CC1(NC)NC. The first kappa shape index (κ1) is 19.1. The summed E-state index contributed by atoms with van der Waals surface area (Å²) in [7, 11) is 5.27. The highest BCUT2D eigenvalue weighted by molar-refractivity contribution is 6.30. The molecule has 0 unspecified atom stereocenters. The number of rotatable bonds is 4. The van der Waals surface area contributed by atoms with Crippen molar-refractivity contribution in [2.45, 2.75) is 5.79 Å². The fourth-order valence-electron chi connectivity index (χ4n) is 2.87. The number of aromatic nitrogens is 2. The van der Waals surface area contributed by atoms with Crippen molar-refractivity contribution in [1.29, 1.82) is 0 Å². The van der Waals surface area contributed by atoms with Gasteiger partial charge in [-0.2, -0.15) is 0 Å². The summed E-state index contributed by atoms with van der Waals surface area (Å²) in [6.45, 7) is 0.381. The minimum absolute atomic E-state index is 0.211.